The van der Waals surface area contributed by atoms with Crippen LogP contribution in [0, 0.1) is 11.8 Å². The van der Waals surface area contributed by atoms with Crippen molar-refractivity contribution in [2.24, 2.45) is 11.8 Å². The van der Waals surface area contributed by atoms with Gasteiger partial charge in [0.15, 0.2) is 0 Å². The molecule has 1 heterocycles. The number of hydrogen-bond donors (Lipinski definition) is 0. The van der Waals surface area contributed by atoms with Crippen molar-refractivity contribution in [1.29, 1.82) is 0 Å². The van der Waals surface area contributed by atoms with E-state index in [9.17, 15) is 9.59 Å². The molecule has 3 atom stereocenters. The fourth-order valence-corrected chi connectivity index (χ4v) is 3.13. The van der Waals surface area contributed by atoms with Crippen LogP contribution in [-0.4, -0.2) is 50.2 Å². The van der Waals surface area contributed by atoms with Gasteiger partial charge in [0.2, 0.25) is 5.91 Å². The van der Waals surface area contributed by atoms with Gasteiger partial charge in [0.25, 0.3) is 0 Å². The third-order valence-corrected chi connectivity index (χ3v) is 4.29. The summed E-state index contributed by atoms with van der Waals surface area (Å²) >= 11 is 0. The highest BCUT2D eigenvalue weighted by Gasteiger charge is 2.61. The molecule has 112 valence electrons. The van der Waals surface area contributed by atoms with Crippen LogP contribution in [0.1, 0.15) is 11.5 Å². The zero-order valence-electron chi connectivity index (χ0n) is 12.0. The zero-order chi connectivity index (χ0) is 14.8. The first-order chi connectivity index (χ1) is 10.2. The second-order valence-corrected chi connectivity index (χ2v) is 5.45. The molecule has 1 saturated carbocycles. The first-order valence-corrected chi connectivity index (χ1v) is 7.23. The number of nitrogens with zero attached hydrogens (tertiary/aromatic N) is 1. The van der Waals surface area contributed by atoms with E-state index in [1.165, 1.54) is 7.11 Å². The van der Waals surface area contributed by atoms with Crippen LogP contribution in [-0.2, 0) is 19.1 Å². The van der Waals surface area contributed by atoms with E-state index in [1.807, 2.05) is 30.3 Å². The van der Waals surface area contributed by atoms with E-state index in [-0.39, 0.29) is 29.6 Å². The summed E-state index contributed by atoms with van der Waals surface area (Å²) in [6, 6.07) is 9.72. The molecule has 21 heavy (non-hydrogen) atoms. The van der Waals surface area contributed by atoms with Crippen LogP contribution >= 0.6 is 0 Å². The van der Waals surface area contributed by atoms with E-state index in [0.29, 0.717) is 26.3 Å². The molecule has 0 bridgehead atoms. The van der Waals surface area contributed by atoms with E-state index in [0.717, 1.165) is 5.56 Å². The number of ether oxygens (including phenoxy) is 2. The van der Waals surface area contributed by atoms with Crippen LogP contribution in [0.5, 0.6) is 0 Å². The van der Waals surface area contributed by atoms with Gasteiger partial charge in [-0.05, 0) is 5.56 Å². The summed E-state index contributed by atoms with van der Waals surface area (Å²) < 4.78 is 10.1. The minimum absolute atomic E-state index is 0.0440. The third-order valence-electron chi connectivity index (χ3n) is 4.29. The molecule has 1 aromatic carbocycles. The van der Waals surface area contributed by atoms with Crippen LogP contribution in [0.2, 0.25) is 0 Å². The van der Waals surface area contributed by atoms with Crippen molar-refractivity contribution in [3.05, 3.63) is 35.9 Å². The molecule has 5 heteroatoms. The number of rotatable bonds is 3. The smallest absolute Gasteiger partial charge is 0.310 e. The van der Waals surface area contributed by atoms with Crippen LogP contribution in [0.15, 0.2) is 30.3 Å². The Balaban J connectivity index is 1.79. The van der Waals surface area contributed by atoms with Gasteiger partial charge >= 0.3 is 5.97 Å². The molecule has 1 aliphatic heterocycles. The Labute approximate surface area is 123 Å². The van der Waals surface area contributed by atoms with Gasteiger partial charge in [-0.15, -0.1) is 0 Å². The molecule has 5 nitrogen and oxygen atoms in total. The molecule has 1 saturated heterocycles. The van der Waals surface area contributed by atoms with Crippen molar-refractivity contribution in [2.75, 3.05) is 33.4 Å². The molecule has 3 rings (SSSR count). The Morgan fingerprint density at radius 2 is 1.81 bits per heavy atom. The van der Waals surface area contributed by atoms with E-state index < -0.39 is 0 Å². The monoisotopic (exact) mass is 289 g/mol. The lowest BCUT2D eigenvalue weighted by atomic mass is 10.1. The van der Waals surface area contributed by atoms with Crippen LogP contribution in [0.4, 0.5) is 0 Å². The molecule has 0 aromatic heterocycles. The Morgan fingerprint density at radius 1 is 1.14 bits per heavy atom. The van der Waals surface area contributed by atoms with Gasteiger partial charge < -0.3 is 14.4 Å². The highest BCUT2D eigenvalue weighted by molar-refractivity contribution is 5.93. The summed E-state index contributed by atoms with van der Waals surface area (Å²) in [4.78, 5) is 26.4. The minimum Gasteiger partial charge on any atom is -0.469 e. The Bertz CT molecular complexity index is 524. The Kier molecular flexibility index (Phi) is 3.92. The largest absolute Gasteiger partial charge is 0.469 e. The van der Waals surface area contributed by atoms with Crippen molar-refractivity contribution >= 4 is 11.9 Å². The van der Waals surface area contributed by atoms with Gasteiger partial charge in [-0.25, -0.2) is 0 Å². The molecule has 0 unspecified atom stereocenters. The number of hydrogen-bond acceptors (Lipinski definition) is 4. The lowest BCUT2D eigenvalue weighted by Crippen LogP contribution is -2.42. The number of morpholine rings is 1. The van der Waals surface area contributed by atoms with Gasteiger partial charge in [-0.1, -0.05) is 30.3 Å². The van der Waals surface area contributed by atoms with E-state index >= 15 is 0 Å². The van der Waals surface area contributed by atoms with Crippen LogP contribution in [0.3, 0.4) is 0 Å². The van der Waals surface area contributed by atoms with Gasteiger partial charge in [-0.3, -0.25) is 9.59 Å². The maximum atomic E-state index is 12.6. The molecular weight excluding hydrogens is 270 g/mol. The van der Waals surface area contributed by atoms with Crippen LogP contribution in [0.25, 0.3) is 0 Å². The van der Waals surface area contributed by atoms with Crippen molar-refractivity contribution < 1.29 is 19.1 Å². The molecule has 0 N–H and O–H groups in total. The molecule has 0 radical (unpaired) electrons. The zero-order valence-corrected chi connectivity index (χ0v) is 12.0. The molecule has 2 aliphatic rings. The summed E-state index contributed by atoms with van der Waals surface area (Å²) in [7, 11) is 1.37. The third kappa shape index (κ3) is 2.65. The highest BCUT2D eigenvalue weighted by Crippen LogP contribution is 2.55. The maximum Gasteiger partial charge on any atom is 0.310 e. The molecule has 1 aliphatic carbocycles. The van der Waals surface area contributed by atoms with Gasteiger partial charge in [0, 0.05) is 19.0 Å². The number of carbonyl (C=O) groups excluding carboxylic acids is 2. The average Bonchev–Trinajstić information content (AvgIpc) is 3.30. The second-order valence-electron chi connectivity index (χ2n) is 5.45. The Hall–Kier alpha value is -1.88. The lowest BCUT2D eigenvalue weighted by Gasteiger charge is -2.27. The van der Waals surface area contributed by atoms with Crippen molar-refractivity contribution in [3.8, 4) is 0 Å². The van der Waals surface area contributed by atoms with Gasteiger partial charge in [-0.2, -0.15) is 0 Å². The highest BCUT2D eigenvalue weighted by atomic mass is 16.5. The quantitative estimate of drug-likeness (QED) is 0.780. The molecule has 1 aromatic rings. The SMILES string of the molecule is COC(=O)[C@H]1[C@H](C(=O)N2CCOCC2)[C@@H]1c1ccccc1. The molecule has 2 fully saturated rings. The van der Waals surface area contributed by atoms with E-state index in [1.54, 1.807) is 4.90 Å². The number of methoxy groups -OCH3 is 1. The maximum absolute atomic E-state index is 12.6. The summed E-state index contributed by atoms with van der Waals surface area (Å²) in [5.74, 6) is -0.960. The first kappa shape index (κ1) is 14.1. The normalized spacial score (nSPS) is 28.0. The standard InChI is InChI=1S/C16H19NO4/c1-20-16(19)14-12(11-5-3-2-4-6-11)13(14)15(18)17-7-9-21-10-8-17/h2-6,12-14H,7-10H2,1H3/t12-,13+,14+/m0/s1. The molecular formula is C16H19NO4. The predicted molar refractivity (Wildman–Crippen MR) is 75.6 cm³/mol. The summed E-state index contributed by atoms with van der Waals surface area (Å²) in [6.07, 6.45) is 0. The Morgan fingerprint density at radius 3 is 2.43 bits per heavy atom. The van der Waals surface area contributed by atoms with Crippen molar-refractivity contribution in [1.82, 2.24) is 4.90 Å². The predicted octanol–water partition coefficient (Wildman–Crippen LogP) is 1.05. The van der Waals surface area contributed by atoms with E-state index in [4.69, 9.17) is 9.47 Å². The average molecular weight is 289 g/mol. The molecule has 1 amide bonds. The van der Waals surface area contributed by atoms with Crippen molar-refractivity contribution in [3.63, 3.8) is 0 Å². The number of benzene rings is 1. The van der Waals surface area contributed by atoms with Crippen molar-refractivity contribution in [2.45, 2.75) is 5.92 Å². The number of amides is 1. The number of carbonyl (C=O) groups is 2. The minimum atomic E-state index is -0.354. The summed E-state index contributed by atoms with van der Waals surface area (Å²) in [6.45, 7) is 2.34. The molecule has 0 spiro atoms. The first-order valence-electron chi connectivity index (χ1n) is 7.23. The fourth-order valence-electron chi connectivity index (χ4n) is 3.13. The van der Waals surface area contributed by atoms with Crippen LogP contribution < -0.4 is 0 Å². The van der Waals surface area contributed by atoms with E-state index in [2.05, 4.69) is 0 Å². The topological polar surface area (TPSA) is 55.8 Å². The lowest BCUT2D eigenvalue weighted by molar-refractivity contribution is -0.145. The second kappa shape index (κ2) is 5.85. The van der Waals surface area contributed by atoms with Gasteiger partial charge in [0.05, 0.1) is 32.2 Å². The number of esters is 1. The summed E-state index contributed by atoms with van der Waals surface area (Å²) in [5, 5.41) is 0. The fraction of sp³-hybridized carbons (Fsp3) is 0.500. The summed E-state index contributed by atoms with van der Waals surface area (Å²) in [5.41, 5.74) is 1.03. The van der Waals surface area contributed by atoms with Gasteiger partial charge in [0.1, 0.15) is 0 Å².